The molecule has 162 valence electrons. The maximum absolute atomic E-state index is 13.3. The van der Waals surface area contributed by atoms with Crippen LogP contribution in [0.1, 0.15) is 30.9 Å². The molecule has 8 heteroatoms. The Morgan fingerprint density at radius 2 is 1.83 bits per heavy atom. The van der Waals surface area contributed by atoms with Crippen molar-refractivity contribution in [1.82, 2.24) is 14.9 Å². The van der Waals surface area contributed by atoms with Crippen LogP contribution in [0.25, 0.3) is 0 Å². The van der Waals surface area contributed by atoms with Crippen molar-refractivity contribution in [3.05, 3.63) is 65.5 Å². The van der Waals surface area contributed by atoms with E-state index in [1.165, 1.54) is 12.1 Å². The van der Waals surface area contributed by atoms with Gasteiger partial charge in [0.25, 0.3) is 0 Å². The second-order valence-electron chi connectivity index (χ2n) is 7.66. The molecule has 3 rings (SSSR count). The van der Waals surface area contributed by atoms with Crippen LogP contribution in [0.15, 0.2) is 58.4 Å². The van der Waals surface area contributed by atoms with Gasteiger partial charge < -0.3 is 10.6 Å². The van der Waals surface area contributed by atoms with Gasteiger partial charge in [0.2, 0.25) is 10.0 Å². The molecule has 1 aliphatic heterocycles. The van der Waals surface area contributed by atoms with Crippen molar-refractivity contribution in [2.75, 3.05) is 20.1 Å². The first kappa shape index (κ1) is 22.2. The van der Waals surface area contributed by atoms with E-state index in [0.29, 0.717) is 43.0 Å². The Kier molecular flexibility index (Phi) is 7.44. The number of nitrogens with zero attached hydrogens (tertiary/aromatic N) is 2. The minimum Gasteiger partial charge on any atom is -0.352 e. The minimum absolute atomic E-state index is 0.272. The van der Waals surface area contributed by atoms with E-state index in [4.69, 9.17) is 0 Å². The minimum atomic E-state index is -3.44. The summed E-state index contributed by atoms with van der Waals surface area (Å²) in [6.45, 7) is 4.20. The van der Waals surface area contributed by atoms with Crippen LogP contribution in [0.4, 0.5) is 4.39 Å². The van der Waals surface area contributed by atoms with E-state index >= 15 is 0 Å². The summed E-state index contributed by atoms with van der Waals surface area (Å²) in [4.78, 5) is 4.49. The smallest absolute Gasteiger partial charge is 0.243 e. The largest absolute Gasteiger partial charge is 0.352 e. The second kappa shape index (κ2) is 10.0. The lowest BCUT2D eigenvalue weighted by atomic mass is 10.0. The molecule has 0 saturated carbocycles. The number of hydrogen-bond donors (Lipinski definition) is 2. The van der Waals surface area contributed by atoms with Gasteiger partial charge in [0, 0.05) is 33.2 Å². The third-order valence-electron chi connectivity index (χ3n) is 5.21. The highest BCUT2D eigenvalue weighted by atomic mass is 32.2. The number of piperidine rings is 1. The average molecular weight is 433 g/mol. The van der Waals surface area contributed by atoms with E-state index in [1.807, 2.05) is 18.2 Å². The molecule has 1 atom stereocenters. The number of hydrogen-bond acceptors (Lipinski definition) is 3. The fraction of sp³-hybridized carbons (Fsp3) is 0.409. The SMILES string of the molecule is CN=C(NCc1ccc(S(=O)(=O)N2CCCC(C)C2)cc1)NCc1cccc(F)c1. The highest BCUT2D eigenvalue weighted by molar-refractivity contribution is 7.89. The van der Waals surface area contributed by atoms with Crippen LogP contribution < -0.4 is 10.6 Å². The normalized spacial score (nSPS) is 18.2. The van der Waals surface area contributed by atoms with Crippen molar-refractivity contribution in [2.24, 2.45) is 10.9 Å². The lowest BCUT2D eigenvalue weighted by Crippen LogP contribution is -2.39. The van der Waals surface area contributed by atoms with Crippen LogP contribution in [-0.2, 0) is 23.1 Å². The molecule has 1 aliphatic rings. The number of sulfonamides is 1. The van der Waals surface area contributed by atoms with Crippen molar-refractivity contribution in [2.45, 2.75) is 37.8 Å². The van der Waals surface area contributed by atoms with Gasteiger partial charge in [-0.15, -0.1) is 0 Å². The zero-order valence-electron chi connectivity index (χ0n) is 17.4. The molecule has 0 spiro atoms. The fourth-order valence-corrected chi connectivity index (χ4v) is 5.13. The first-order chi connectivity index (χ1) is 14.4. The maximum Gasteiger partial charge on any atom is 0.243 e. The molecule has 0 bridgehead atoms. The standard InChI is InChI=1S/C22H29FN4O2S/c1-17-5-4-12-27(16-17)30(28,29)21-10-8-18(9-11-21)14-25-22(24-2)26-15-19-6-3-7-20(23)13-19/h3,6-11,13,17H,4-5,12,14-16H2,1-2H3,(H2,24,25,26). The predicted molar refractivity (Wildman–Crippen MR) is 117 cm³/mol. The van der Waals surface area contributed by atoms with Gasteiger partial charge in [0.1, 0.15) is 5.82 Å². The molecule has 2 aromatic carbocycles. The molecule has 1 fully saturated rings. The summed E-state index contributed by atoms with van der Waals surface area (Å²) in [6.07, 6.45) is 1.98. The van der Waals surface area contributed by atoms with E-state index in [1.54, 1.807) is 29.6 Å². The number of guanidine groups is 1. The Morgan fingerprint density at radius 3 is 2.47 bits per heavy atom. The molecule has 1 heterocycles. The van der Waals surface area contributed by atoms with Crippen LogP contribution in [0.2, 0.25) is 0 Å². The summed E-state index contributed by atoms with van der Waals surface area (Å²) < 4.78 is 40.6. The molecule has 6 nitrogen and oxygen atoms in total. The van der Waals surface area contributed by atoms with Crippen LogP contribution in [0.3, 0.4) is 0 Å². The molecule has 2 N–H and O–H groups in total. The molecule has 2 aromatic rings. The second-order valence-corrected chi connectivity index (χ2v) is 9.60. The van der Waals surface area contributed by atoms with Gasteiger partial charge in [-0.3, -0.25) is 4.99 Å². The Morgan fingerprint density at radius 1 is 1.13 bits per heavy atom. The van der Waals surface area contributed by atoms with E-state index in [2.05, 4.69) is 22.5 Å². The highest BCUT2D eigenvalue weighted by Gasteiger charge is 2.28. The van der Waals surface area contributed by atoms with Crippen LogP contribution in [0.5, 0.6) is 0 Å². The van der Waals surface area contributed by atoms with Crippen molar-refractivity contribution in [3.8, 4) is 0 Å². The van der Waals surface area contributed by atoms with Crippen LogP contribution in [0, 0.1) is 11.7 Å². The summed E-state index contributed by atoms with van der Waals surface area (Å²) in [6, 6.07) is 13.3. The summed E-state index contributed by atoms with van der Waals surface area (Å²) in [5.41, 5.74) is 1.76. The summed E-state index contributed by atoms with van der Waals surface area (Å²) in [5, 5.41) is 6.32. The molecular weight excluding hydrogens is 403 g/mol. The monoisotopic (exact) mass is 432 g/mol. The first-order valence-electron chi connectivity index (χ1n) is 10.2. The number of benzene rings is 2. The third kappa shape index (κ3) is 5.79. The summed E-state index contributed by atoms with van der Waals surface area (Å²) in [5.74, 6) is 0.702. The van der Waals surface area contributed by atoms with Gasteiger partial charge in [-0.05, 0) is 54.2 Å². The van der Waals surface area contributed by atoms with Crippen molar-refractivity contribution < 1.29 is 12.8 Å². The van der Waals surface area contributed by atoms with E-state index < -0.39 is 10.0 Å². The number of aliphatic imine (C=N–C) groups is 1. The van der Waals surface area contributed by atoms with Gasteiger partial charge in [-0.1, -0.05) is 31.2 Å². The first-order valence-corrected chi connectivity index (χ1v) is 11.6. The predicted octanol–water partition coefficient (Wildman–Crippen LogP) is 3.11. The topological polar surface area (TPSA) is 73.8 Å². The zero-order valence-corrected chi connectivity index (χ0v) is 18.3. The Balaban J connectivity index is 1.55. The molecule has 1 saturated heterocycles. The highest BCUT2D eigenvalue weighted by Crippen LogP contribution is 2.23. The van der Waals surface area contributed by atoms with E-state index in [0.717, 1.165) is 24.0 Å². The van der Waals surface area contributed by atoms with Crippen LogP contribution in [-0.4, -0.2) is 38.8 Å². The van der Waals surface area contributed by atoms with Crippen molar-refractivity contribution >= 4 is 16.0 Å². The molecule has 0 aliphatic carbocycles. The van der Waals surface area contributed by atoms with Gasteiger partial charge in [0.05, 0.1) is 4.90 Å². The maximum atomic E-state index is 13.3. The number of nitrogens with one attached hydrogen (secondary N) is 2. The quantitative estimate of drug-likeness (QED) is 0.543. The lowest BCUT2D eigenvalue weighted by molar-refractivity contribution is 0.281. The Labute approximate surface area is 178 Å². The summed E-state index contributed by atoms with van der Waals surface area (Å²) in [7, 11) is -1.78. The molecule has 0 amide bonds. The third-order valence-corrected chi connectivity index (χ3v) is 7.09. The number of rotatable bonds is 6. The van der Waals surface area contributed by atoms with Crippen molar-refractivity contribution in [1.29, 1.82) is 0 Å². The lowest BCUT2D eigenvalue weighted by Gasteiger charge is -2.30. The molecule has 30 heavy (non-hydrogen) atoms. The van der Waals surface area contributed by atoms with Crippen molar-refractivity contribution in [3.63, 3.8) is 0 Å². The fourth-order valence-electron chi connectivity index (χ4n) is 3.53. The Hall–Kier alpha value is -2.45. The Bertz CT molecular complexity index is 977. The average Bonchev–Trinajstić information content (AvgIpc) is 2.74. The van der Waals surface area contributed by atoms with Gasteiger partial charge in [-0.2, -0.15) is 4.31 Å². The van der Waals surface area contributed by atoms with Gasteiger partial charge in [-0.25, -0.2) is 12.8 Å². The van der Waals surface area contributed by atoms with E-state index in [9.17, 15) is 12.8 Å². The van der Waals surface area contributed by atoms with Gasteiger partial charge in [0.15, 0.2) is 5.96 Å². The molecule has 0 aromatic heterocycles. The molecule has 0 radical (unpaired) electrons. The zero-order chi connectivity index (χ0) is 21.6. The number of halogens is 1. The molecule has 1 unspecified atom stereocenters. The molecular formula is C22H29FN4O2S. The van der Waals surface area contributed by atoms with Gasteiger partial charge >= 0.3 is 0 Å². The van der Waals surface area contributed by atoms with Crippen LogP contribution >= 0.6 is 0 Å². The summed E-state index contributed by atoms with van der Waals surface area (Å²) >= 11 is 0. The van der Waals surface area contributed by atoms with E-state index in [-0.39, 0.29) is 5.82 Å².